The van der Waals surface area contributed by atoms with Crippen LogP contribution in [0.25, 0.3) is 0 Å². The largest absolute Gasteiger partial charge is 0.397 e. The molecule has 0 aromatic heterocycles. The Hall–Kier alpha value is -1.77. The zero-order valence-corrected chi connectivity index (χ0v) is 8.37. The van der Waals surface area contributed by atoms with Gasteiger partial charge >= 0.3 is 0 Å². The summed E-state index contributed by atoms with van der Waals surface area (Å²) in [6.07, 6.45) is 3.14. The van der Waals surface area contributed by atoms with Crippen molar-refractivity contribution in [1.82, 2.24) is 0 Å². The van der Waals surface area contributed by atoms with Gasteiger partial charge in [-0.1, -0.05) is 12.1 Å². The van der Waals surface area contributed by atoms with Crippen LogP contribution >= 0.6 is 0 Å². The molecule has 0 aliphatic carbocycles. The number of hydrogen-bond acceptors (Lipinski definition) is 2. The average Bonchev–Trinajstić information content (AvgIpc) is 2.10. The van der Waals surface area contributed by atoms with Gasteiger partial charge < -0.3 is 11.1 Å². The van der Waals surface area contributed by atoms with Gasteiger partial charge in [0.1, 0.15) is 0 Å². The number of anilines is 2. The van der Waals surface area contributed by atoms with Crippen LogP contribution in [-0.2, 0) is 4.79 Å². The fourth-order valence-electron chi connectivity index (χ4n) is 1.12. The first-order chi connectivity index (χ1) is 6.63. The van der Waals surface area contributed by atoms with Gasteiger partial charge in [-0.15, -0.1) is 0 Å². The predicted octanol–water partition coefficient (Wildman–Crippen LogP) is 2.09. The summed E-state index contributed by atoms with van der Waals surface area (Å²) in [5.74, 6) is -0.164. The van der Waals surface area contributed by atoms with Gasteiger partial charge in [-0.25, -0.2) is 0 Å². The van der Waals surface area contributed by atoms with E-state index in [1.165, 1.54) is 6.08 Å². The van der Waals surface area contributed by atoms with E-state index in [1.807, 2.05) is 19.1 Å². The fraction of sp³-hybridized carbons (Fsp3) is 0.182. The molecule has 0 saturated heterocycles. The summed E-state index contributed by atoms with van der Waals surface area (Å²) >= 11 is 0. The van der Waals surface area contributed by atoms with Gasteiger partial charge in [0, 0.05) is 0 Å². The van der Waals surface area contributed by atoms with Gasteiger partial charge in [0.05, 0.1) is 11.4 Å². The number of rotatable bonds is 2. The van der Waals surface area contributed by atoms with Crippen molar-refractivity contribution in [3.8, 4) is 0 Å². The number of hydrogen-bond donors (Lipinski definition) is 2. The van der Waals surface area contributed by atoms with Crippen molar-refractivity contribution in [2.24, 2.45) is 0 Å². The molecule has 1 aromatic carbocycles. The van der Waals surface area contributed by atoms with Crippen molar-refractivity contribution in [1.29, 1.82) is 0 Å². The third-order valence-corrected chi connectivity index (χ3v) is 1.78. The van der Waals surface area contributed by atoms with Crippen LogP contribution in [0.2, 0.25) is 0 Å². The minimum absolute atomic E-state index is 0.164. The van der Waals surface area contributed by atoms with Gasteiger partial charge in [-0.3, -0.25) is 4.79 Å². The highest BCUT2D eigenvalue weighted by molar-refractivity contribution is 6.01. The number of aryl methyl sites for hydroxylation is 1. The molecule has 0 fully saturated rings. The minimum atomic E-state index is -0.164. The number of nitrogen functional groups attached to an aromatic ring is 1. The zero-order chi connectivity index (χ0) is 10.6. The molecule has 0 atom stereocenters. The SMILES string of the molecule is C/C=C/C(=O)Nc1ccc(C)cc1N. The molecule has 0 spiro atoms. The highest BCUT2D eigenvalue weighted by atomic mass is 16.1. The van der Waals surface area contributed by atoms with Crippen molar-refractivity contribution in [2.75, 3.05) is 11.1 Å². The first-order valence-corrected chi connectivity index (χ1v) is 4.43. The molecule has 14 heavy (non-hydrogen) atoms. The van der Waals surface area contributed by atoms with E-state index < -0.39 is 0 Å². The Labute approximate surface area is 83.6 Å². The minimum Gasteiger partial charge on any atom is -0.397 e. The molecular weight excluding hydrogens is 176 g/mol. The molecule has 0 aliphatic rings. The summed E-state index contributed by atoms with van der Waals surface area (Å²) in [5, 5.41) is 2.69. The first kappa shape index (κ1) is 10.3. The summed E-state index contributed by atoms with van der Waals surface area (Å²) in [6, 6.07) is 5.53. The maximum Gasteiger partial charge on any atom is 0.248 e. The average molecular weight is 190 g/mol. The Kier molecular flexibility index (Phi) is 3.29. The fourth-order valence-corrected chi connectivity index (χ4v) is 1.12. The maximum atomic E-state index is 11.2. The number of benzene rings is 1. The summed E-state index contributed by atoms with van der Waals surface area (Å²) in [7, 11) is 0. The van der Waals surface area contributed by atoms with Gasteiger partial charge in [0.25, 0.3) is 0 Å². The molecule has 3 N–H and O–H groups in total. The Bertz CT molecular complexity index is 370. The molecule has 0 saturated carbocycles. The van der Waals surface area contributed by atoms with Crippen LogP contribution in [0.3, 0.4) is 0 Å². The number of nitrogens with one attached hydrogen (secondary N) is 1. The van der Waals surface area contributed by atoms with Crippen molar-refractivity contribution in [2.45, 2.75) is 13.8 Å². The molecule has 0 aliphatic heterocycles. The third kappa shape index (κ3) is 2.62. The van der Waals surface area contributed by atoms with Gasteiger partial charge in [0.2, 0.25) is 5.91 Å². The van der Waals surface area contributed by atoms with E-state index in [-0.39, 0.29) is 5.91 Å². The Morgan fingerprint density at radius 2 is 2.21 bits per heavy atom. The lowest BCUT2D eigenvalue weighted by atomic mass is 10.2. The second-order valence-electron chi connectivity index (χ2n) is 3.08. The molecule has 1 rings (SSSR count). The van der Waals surface area contributed by atoms with Crippen LogP contribution in [-0.4, -0.2) is 5.91 Å². The summed E-state index contributed by atoms with van der Waals surface area (Å²) < 4.78 is 0. The molecule has 0 bridgehead atoms. The Balaban J connectivity index is 2.82. The smallest absolute Gasteiger partial charge is 0.248 e. The van der Waals surface area contributed by atoms with E-state index in [2.05, 4.69) is 5.32 Å². The highest BCUT2D eigenvalue weighted by Crippen LogP contribution is 2.19. The standard InChI is InChI=1S/C11H14N2O/c1-3-4-11(14)13-10-6-5-8(2)7-9(10)12/h3-7H,12H2,1-2H3,(H,13,14)/b4-3+. The van der Waals surface area contributed by atoms with Crippen LogP contribution in [0.4, 0.5) is 11.4 Å². The highest BCUT2D eigenvalue weighted by Gasteiger charge is 2.01. The molecular formula is C11H14N2O. The molecule has 74 valence electrons. The lowest BCUT2D eigenvalue weighted by Crippen LogP contribution is -2.09. The van der Waals surface area contributed by atoms with Gasteiger partial charge in [-0.05, 0) is 37.6 Å². The molecule has 1 aromatic rings. The van der Waals surface area contributed by atoms with E-state index >= 15 is 0 Å². The van der Waals surface area contributed by atoms with Crippen LogP contribution in [0, 0.1) is 6.92 Å². The Morgan fingerprint density at radius 1 is 1.50 bits per heavy atom. The van der Waals surface area contributed by atoms with E-state index in [0.717, 1.165) is 5.56 Å². The van der Waals surface area contributed by atoms with Crippen molar-refractivity contribution < 1.29 is 4.79 Å². The zero-order valence-electron chi connectivity index (χ0n) is 8.37. The first-order valence-electron chi connectivity index (χ1n) is 4.43. The van der Waals surface area contributed by atoms with Crippen molar-refractivity contribution >= 4 is 17.3 Å². The topological polar surface area (TPSA) is 55.1 Å². The van der Waals surface area contributed by atoms with Crippen LogP contribution in [0.1, 0.15) is 12.5 Å². The summed E-state index contributed by atoms with van der Waals surface area (Å²) in [4.78, 5) is 11.2. The van der Waals surface area contributed by atoms with Crippen LogP contribution in [0.15, 0.2) is 30.4 Å². The summed E-state index contributed by atoms with van der Waals surface area (Å²) in [5.41, 5.74) is 8.04. The molecule has 3 nitrogen and oxygen atoms in total. The quantitative estimate of drug-likeness (QED) is 0.554. The number of amides is 1. The normalized spacial score (nSPS) is 10.4. The maximum absolute atomic E-state index is 11.2. The van der Waals surface area contributed by atoms with E-state index in [4.69, 9.17) is 5.73 Å². The Morgan fingerprint density at radius 3 is 2.79 bits per heavy atom. The third-order valence-electron chi connectivity index (χ3n) is 1.78. The van der Waals surface area contributed by atoms with E-state index in [9.17, 15) is 4.79 Å². The van der Waals surface area contributed by atoms with E-state index in [0.29, 0.717) is 11.4 Å². The second kappa shape index (κ2) is 4.46. The summed E-state index contributed by atoms with van der Waals surface area (Å²) in [6.45, 7) is 3.74. The lowest BCUT2D eigenvalue weighted by Gasteiger charge is -2.06. The number of allylic oxidation sites excluding steroid dienone is 1. The van der Waals surface area contributed by atoms with Gasteiger partial charge in [-0.2, -0.15) is 0 Å². The molecule has 3 heteroatoms. The van der Waals surface area contributed by atoms with Crippen LogP contribution < -0.4 is 11.1 Å². The van der Waals surface area contributed by atoms with Gasteiger partial charge in [0.15, 0.2) is 0 Å². The molecule has 0 radical (unpaired) electrons. The monoisotopic (exact) mass is 190 g/mol. The van der Waals surface area contributed by atoms with Crippen molar-refractivity contribution in [3.63, 3.8) is 0 Å². The number of carbonyl (C=O) groups is 1. The predicted molar refractivity (Wildman–Crippen MR) is 59.0 cm³/mol. The lowest BCUT2D eigenvalue weighted by molar-refractivity contribution is -0.111. The molecule has 0 unspecified atom stereocenters. The molecule has 0 heterocycles. The number of nitrogens with two attached hydrogens (primary N) is 1. The number of carbonyl (C=O) groups excluding carboxylic acids is 1. The van der Waals surface area contributed by atoms with Crippen LogP contribution in [0.5, 0.6) is 0 Å². The second-order valence-corrected chi connectivity index (χ2v) is 3.08. The molecule has 1 amide bonds. The van der Waals surface area contributed by atoms with Crippen molar-refractivity contribution in [3.05, 3.63) is 35.9 Å². The van der Waals surface area contributed by atoms with E-state index in [1.54, 1.807) is 19.1 Å².